The molecule has 1 atom stereocenters. The molecule has 1 unspecified atom stereocenters. The molecule has 3 aromatic rings. The van der Waals surface area contributed by atoms with Crippen LogP contribution in [0.15, 0.2) is 84.1 Å². The van der Waals surface area contributed by atoms with Crippen LogP contribution in [0.5, 0.6) is 11.5 Å². The van der Waals surface area contributed by atoms with Crippen molar-refractivity contribution in [2.24, 2.45) is 0 Å². The Morgan fingerprint density at radius 1 is 1.08 bits per heavy atom. The minimum Gasteiger partial charge on any atom is -0.478 e. The number of carbonyl (C=O) groups is 3. The molecule has 0 aromatic heterocycles. The summed E-state index contributed by atoms with van der Waals surface area (Å²) in [7, 11) is 1.66. The molecule has 3 amide bonds. The van der Waals surface area contributed by atoms with Crippen LogP contribution in [0.2, 0.25) is 5.02 Å². The Kier molecular flexibility index (Phi) is 8.51. The van der Waals surface area contributed by atoms with Gasteiger partial charge in [-0.05, 0) is 79.6 Å². The molecule has 1 heterocycles. The number of hydrogen-bond donors (Lipinski definition) is 2. The van der Waals surface area contributed by atoms with Crippen molar-refractivity contribution in [3.05, 3.63) is 106 Å². The van der Waals surface area contributed by atoms with Crippen molar-refractivity contribution in [1.29, 1.82) is 0 Å². The van der Waals surface area contributed by atoms with Crippen molar-refractivity contribution in [3.63, 3.8) is 0 Å². The zero-order valence-corrected chi connectivity index (χ0v) is 22.1. The summed E-state index contributed by atoms with van der Waals surface area (Å²) in [5, 5.41) is 13.0. The lowest BCUT2D eigenvalue weighted by Crippen LogP contribution is -2.49. The zero-order chi connectivity index (χ0) is 28.1. The van der Waals surface area contributed by atoms with Gasteiger partial charge >= 0.3 is 12.0 Å². The summed E-state index contributed by atoms with van der Waals surface area (Å²) in [6.07, 6.45) is 0.407. The van der Waals surface area contributed by atoms with Gasteiger partial charge in [0.25, 0.3) is 5.91 Å². The number of carboxylic acid groups (broad SMARTS) is 1. The van der Waals surface area contributed by atoms with Crippen LogP contribution in [0, 0.1) is 5.82 Å². The number of allylic oxidation sites excluding steroid dienone is 1. The molecular formula is C29H27ClFN3O5. The second-order valence-electron chi connectivity index (χ2n) is 9.09. The molecule has 0 saturated carbocycles. The van der Waals surface area contributed by atoms with E-state index in [0.29, 0.717) is 40.6 Å². The fourth-order valence-electron chi connectivity index (χ4n) is 4.41. The lowest BCUT2D eigenvalue weighted by Gasteiger charge is -2.37. The van der Waals surface area contributed by atoms with E-state index < -0.39 is 18.0 Å². The van der Waals surface area contributed by atoms with Crippen molar-refractivity contribution >= 4 is 29.5 Å². The highest BCUT2D eigenvalue weighted by Gasteiger charge is 2.37. The summed E-state index contributed by atoms with van der Waals surface area (Å²) in [6, 6.07) is 17.7. The standard InChI is InChI=1S/C29H27ClFN3O5/c1-18-25(28(36)37)26(20-5-3-6-21(30)17-20)34(29(38)32-18)16-4-15-33(2)27(35)19-7-11-23(12-8-19)39-24-13-9-22(31)10-14-24/h3,5-14,17,26H,4,15-16H2,1-2H3,(H,32,38)(H,36,37). The molecule has 8 nitrogen and oxygen atoms in total. The number of aliphatic carboxylic acids is 1. The number of rotatable bonds is 9. The highest BCUT2D eigenvalue weighted by Crippen LogP contribution is 2.34. The molecule has 10 heteroatoms. The van der Waals surface area contributed by atoms with Crippen LogP contribution in [-0.2, 0) is 4.79 Å². The van der Waals surface area contributed by atoms with E-state index in [1.54, 1.807) is 62.5 Å². The number of benzene rings is 3. The van der Waals surface area contributed by atoms with Crippen LogP contribution in [0.3, 0.4) is 0 Å². The first-order valence-corrected chi connectivity index (χ1v) is 12.6. The van der Waals surface area contributed by atoms with E-state index >= 15 is 0 Å². The number of carboxylic acids is 1. The Hall–Kier alpha value is -4.37. The van der Waals surface area contributed by atoms with Gasteiger partial charge in [-0.2, -0.15) is 0 Å². The van der Waals surface area contributed by atoms with Crippen LogP contribution in [0.25, 0.3) is 0 Å². The number of urea groups is 1. The van der Waals surface area contributed by atoms with Gasteiger partial charge in [0.1, 0.15) is 17.3 Å². The van der Waals surface area contributed by atoms with Gasteiger partial charge in [-0.15, -0.1) is 0 Å². The van der Waals surface area contributed by atoms with E-state index in [1.165, 1.54) is 34.1 Å². The van der Waals surface area contributed by atoms with E-state index in [0.717, 1.165) is 0 Å². The SMILES string of the molecule is CC1=C(C(=O)O)C(c2cccc(Cl)c2)N(CCCN(C)C(=O)c2ccc(Oc3ccc(F)cc3)cc2)C(=O)N1. The van der Waals surface area contributed by atoms with Gasteiger partial charge in [-0.1, -0.05) is 23.7 Å². The summed E-state index contributed by atoms with van der Waals surface area (Å²) in [4.78, 5) is 40.9. The number of carbonyl (C=O) groups excluding carboxylic acids is 2. The topological polar surface area (TPSA) is 99.2 Å². The molecule has 1 aliphatic heterocycles. The average molecular weight is 552 g/mol. The minimum absolute atomic E-state index is 0.0595. The summed E-state index contributed by atoms with van der Waals surface area (Å²) >= 11 is 6.16. The molecule has 4 rings (SSSR count). The number of nitrogens with zero attached hydrogens (tertiary/aromatic N) is 2. The molecule has 0 spiro atoms. The molecule has 0 fully saturated rings. The average Bonchev–Trinajstić information content (AvgIpc) is 2.90. The van der Waals surface area contributed by atoms with Crippen molar-refractivity contribution in [3.8, 4) is 11.5 Å². The number of amides is 3. The predicted molar refractivity (Wildman–Crippen MR) is 144 cm³/mol. The molecule has 202 valence electrons. The fraction of sp³-hybridized carbons (Fsp3) is 0.207. The van der Waals surface area contributed by atoms with Crippen LogP contribution in [0.4, 0.5) is 9.18 Å². The van der Waals surface area contributed by atoms with Crippen LogP contribution >= 0.6 is 11.6 Å². The Morgan fingerprint density at radius 2 is 1.72 bits per heavy atom. The molecule has 39 heavy (non-hydrogen) atoms. The first-order chi connectivity index (χ1) is 18.6. The molecule has 1 aliphatic rings. The Labute approximate surface area is 230 Å². The van der Waals surface area contributed by atoms with E-state index in [1.807, 2.05) is 0 Å². The first kappa shape index (κ1) is 27.7. The van der Waals surface area contributed by atoms with E-state index in [9.17, 15) is 23.9 Å². The van der Waals surface area contributed by atoms with Crippen LogP contribution < -0.4 is 10.1 Å². The van der Waals surface area contributed by atoms with Gasteiger partial charge in [0, 0.05) is 36.4 Å². The van der Waals surface area contributed by atoms with Gasteiger partial charge in [-0.3, -0.25) is 4.79 Å². The summed E-state index contributed by atoms with van der Waals surface area (Å²) < 4.78 is 18.8. The number of hydrogen-bond acceptors (Lipinski definition) is 4. The summed E-state index contributed by atoms with van der Waals surface area (Å²) in [6.45, 7) is 2.08. The lowest BCUT2D eigenvalue weighted by molar-refractivity contribution is -0.133. The maximum absolute atomic E-state index is 13.1. The molecule has 0 radical (unpaired) electrons. The Morgan fingerprint density at radius 3 is 2.33 bits per heavy atom. The molecule has 0 aliphatic carbocycles. The molecule has 2 N–H and O–H groups in total. The fourth-order valence-corrected chi connectivity index (χ4v) is 4.61. The first-order valence-electron chi connectivity index (χ1n) is 12.2. The van der Waals surface area contributed by atoms with Gasteiger partial charge in [0.05, 0.1) is 11.6 Å². The second kappa shape index (κ2) is 12.0. The van der Waals surface area contributed by atoms with E-state index in [4.69, 9.17) is 16.3 Å². The maximum Gasteiger partial charge on any atom is 0.335 e. The summed E-state index contributed by atoms with van der Waals surface area (Å²) in [5.74, 6) is -0.745. The Bertz CT molecular complexity index is 1410. The van der Waals surface area contributed by atoms with Gasteiger partial charge in [0.2, 0.25) is 0 Å². The molecular weight excluding hydrogens is 525 g/mol. The Balaban J connectivity index is 1.41. The molecule has 3 aromatic carbocycles. The quantitative estimate of drug-likeness (QED) is 0.347. The lowest BCUT2D eigenvalue weighted by atomic mass is 9.93. The number of nitrogens with one attached hydrogen (secondary N) is 1. The van der Waals surface area contributed by atoms with Gasteiger partial charge in [0.15, 0.2) is 0 Å². The van der Waals surface area contributed by atoms with Gasteiger partial charge < -0.3 is 25.0 Å². The second-order valence-corrected chi connectivity index (χ2v) is 9.52. The highest BCUT2D eigenvalue weighted by molar-refractivity contribution is 6.30. The number of halogens is 2. The van der Waals surface area contributed by atoms with Crippen LogP contribution in [-0.4, -0.2) is 53.0 Å². The molecule has 0 saturated heterocycles. The summed E-state index contributed by atoms with van der Waals surface area (Å²) in [5.41, 5.74) is 1.36. The largest absolute Gasteiger partial charge is 0.478 e. The highest BCUT2D eigenvalue weighted by atomic mass is 35.5. The van der Waals surface area contributed by atoms with Crippen molar-refractivity contribution in [2.75, 3.05) is 20.1 Å². The third-order valence-corrected chi connectivity index (χ3v) is 6.56. The maximum atomic E-state index is 13.1. The monoisotopic (exact) mass is 551 g/mol. The van der Waals surface area contributed by atoms with Crippen LogP contribution in [0.1, 0.15) is 35.3 Å². The van der Waals surface area contributed by atoms with E-state index in [-0.39, 0.29) is 29.5 Å². The zero-order valence-electron chi connectivity index (χ0n) is 21.4. The van der Waals surface area contributed by atoms with Crippen molar-refractivity contribution in [2.45, 2.75) is 19.4 Å². The smallest absolute Gasteiger partial charge is 0.335 e. The normalized spacial score (nSPS) is 15.1. The van der Waals surface area contributed by atoms with E-state index in [2.05, 4.69) is 5.32 Å². The van der Waals surface area contributed by atoms with Crippen molar-refractivity contribution in [1.82, 2.24) is 15.1 Å². The third-order valence-electron chi connectivity index (χ3n) is 6.33. The van der Waals surface area contributed by atoms with Crippen molar-refractivity contribution < 1.29 is 28.6 Å². The predicted octanol–water partition coefficient (Wildman–Crippen LogP) is 5.86. The molecule has 0 bridgehead atoms. The van der Waals surface area contributed by atoms with Gasteiger partial charge in [-0.25, -0.2) is 14.0 Å². The minimum atomic E-state index is -1.14. The third kappa shape index (κ3) is 6.56. The number of ether oxygens (including phenoxy) is 1.